The molecular formula is C28H32F2N8O4. The number of rotatable bonds is 12. The van der Waals surface area contributed by atoms with Crippen molar-refractivity contribution in [3.8, 4) is 11.5 Å². The van der Waals surface area contributed by atoms with Gasteiger partial charge in [-0.3, -0.25) is 19.3 Å². The number of benzene rings is 2. The number of fused-ring (bicyclic) bond motifs is 1. The van der Waals surface area contributed by atoms with Gasteiger partial charge >= 0.3 is 0 Å². The Labute approximate surface area is 240 Å². The predicted octanol–water partition coefficient (Wildman–Crippen LogP) is 2.48. The van der Waals surface area contributed by atoms with Crippen LogP contribution >= 0.6 is 0 Å². The van der Waals surface area contributed by atoms with Gasteiger partial charge in [-0.05, 0) is 18.2 Å². The fourth-order valence-corrected chi connectivity index (χ4v) is 4.69. The zero-order valence-electron chi connectivity index (χ0n) is 23.1. The van der Waals surface area contributed by atoms with Crippen LogP contribution in [-0.4, -0.2) is 100 Å². The number of β-amino-alcohol motifs (C(OH)–C–C–N with tert-alkyl or cyclic N) is 1. The molecule has 14 heteroatoms. The van der Waals surface area contributed by atoms with E-state index in [1.165, 1.54) is 29.3 Å². The number of halogens is 2. The lowest BCUT2D eigenvalue weighted by atomic mass is 10.2. The monoisotopic (exact) mass is 582 g/mol. The van der Waals surface area contributed by atoms with Crippen LogP contribution in [0.3, 0.4) is 0 Å². The highest BCUT2D eigenvalue weighted by Crippen LogP contribution is 2.34. The number of anilines is 3. The van der Waals surface area contributed by atoms with Crippen molar-refractivity contribution in [2.75, 3.05) is 70.2 Å². The zero-order valence-corrected chi connectivity index (χ0v) is 23.1. The zero-order chi connectivity index (χ0) is 29.5. The van der Waals surface area contributed by atoms with E-state index in [4.69, 9.17) is 14.6 Å². The number of nitrogens with zero attached hydrogens (tertiary/aromatic N) is 6. The smallest absolute Gasteiger partial charge is 0.246 e. The van der Waals surface area contributed by atoms with Crippen LogP contribution in [0.2, 0.25) is 0 Å². The quantitative estimate of drug-likeness (QED) is 0.229. The average Bonchev–Trinajstić information content (AvgIpc) is 3.42. The number of nitrogens with one attached hydrogen (secondary N) is 2. The lowest BCUT2D eigenvalue weighted by Gasteiger charge is -2.34. The van der Waals surface area contributed by atoms with E-state index in [0.717, 1.165) is 38.8 Å². The second-order valence-corrected chi connectivity index (χ2v) is 9.70. The Bertz CT molecular complexity index is 1530. The standard InChI is InChI=1S/C28H32F2N8O4/c1-41-24-13-20-23(14-25(24)42-12-10-37-7-5-36(6-8-37)9-11-39)31-18-32-28(20)34-19-15-33-38(16-19)17-26(40)35-22-4-2-3-21(29)27(22)30/h2-4,13-16,18,39H,5-12,17H2,1H3,(H,35,40)(H,31,32,34). The molecule has 1 aliphatic heterocycles. The van der Waals surface area contributed by atoms with Crippen LogP contribution in [0, 0.1) is 11.6 Å². The van der Waals surface area contributed by atoms with Crippen LogP contribution in [0.4, 0.5) is 26.0 Å². The minimum atomic E-state index is -1.12. The minimum Gasteiger partial charge on any atom is -0.493 e. The van der Waals surface area contributed by atoms with E-state index in [-0.39, 0.29) is 18.8 Å². The van der Waals surface area contributed by atoms with Gasteiger partial charge in [0.2, 0.25) is 5.91 Å². The third kappa shape index (κ3) is 7.08. The van der Waals surface area contributed by atoms with Gasteiger partial charge in [-0.15, -0.1) is 0 Å². The summed E-state index contributed by atoms with van der Waals surface area (Å²) in [7, 11) is 1.57. The molecule has 0 aliphatic carbocycles. The summed E-state index contributed by atoms with van der Waals surface area (Å²) in [5.74, 6) is -1.14. The Morgan fingerprint density at radius 2 is 1.86 bits per heavy atom. The first-order chi connectivity index (χ1) is 20.4. The fourth-order valence-electron chi connectivity index (χ4n) is 4.69. The number of aromatic nitrogens is 4. The highest BCUT2D eigenvalue weighted by Gasteiger charge is 2.18. The maximum absolute atomic E-state index is 13.9. The van der Waals surface area contributed by atoms with Crippen molar-refractivity contribution in [1.29, 1.82) is 0 Å². The highest BCUT2D eigenvalue weighted by molar-refractivity contribution is 5.93. The normalized spacial score (nSPS) is 14.2. The van der Waals surface area contributed by atoms with Gasteiger partial charge in [0.1, 0.15) is 25.3 Å². The Hall–Kier alpha value is -4.40. The summed E-state index contributed by atoms with van der Waals surface area (Å²) < 4.78 is 40.3. The Morgan fingerprint density at radius 3 is 2.62 bits per heavy atom. The van der Waals surface area contributed by atoms with Gasteiger partial charge in [-0.25, -0.2) is 18.7 Å². The van der Waals surface area contributed by atoms with Crippen molar-refractivity contribution < 1.29 is 28.2 Å². The second kappa shape index (κ2) is 13.5. The first kappa shape index (κ1) is 29.1. The number of aliphatic hydroxyl groups excluding tert-OH is 1. The van der Waals surface area contributed by atoms with Gasteiger partial charge in [0, 0.05) is 56.9 Å². The van der Waals surface area contributed by atoms with E-state index in [0.29, 0.717) is 47.1 Å². The molecule has 222 valence electrons. The lowest BCUT2D eigenvalue weighted by Crippen LogP contribution is -2.48. The summed E-state index contributed by atoms with van der Waals surface area (Å²) in [4.78, 5) is 25.7. The van der Waals surface area contributed by atoms with Crippen LogP contribution in [0.1, 0.15) is 0 Å². The molecule has 12 nitrogen and oxygen atoms in total. The van der Waals surface area contributed by atoms with Gasteiger partial charge in [-0.1, -0.05) is 6.07 Å². The summed E-state index contributed by atoms with van der Waals surface area (Å²) >= 11 is 0. The van der Waals surface area contributed by atoms with Crippen LogP contribution < -0.4 is 20.1 Å². The molecule has 3 heterocycles. The Balaban J connectivity index is 1.21. The molecule has 1 aliphatic rings. The summed E-state index contributed by atoms with van der Waals surface area (Å²) in [5.41, 5.74) is 0.954. The number of piperazine rings is 1. The fraction of sp³-hybridized carbons (Fsp3) is 0.357. The van der Waals surface area contributed by atoms with E-state index < -0.39 is 17.5 Å². The van der Waals surface area contributed by atoms with Crippen LogP contribution in [0.15, 0.2) is 49.1 Å². The van der Waals surface area contributed by atoms with Crippen LogP contribution in [-0.2, 0) is 11.3 Å². The van der Waals surface area contributed by atoms with Crippen molar-refractivity contribution in [2.45, 2.75) is 6.54 Å². The summed E-state index contributed by atoms with van der Waals surface area (Å²) in [6.45, 7) is 5.62. The average molecular weight is 583 g/mol. The number of methoxy groups -OCH3 is 1. The third-order valence-electron chi connectivity index (χ3n) is 6.89. The van der Waals surface area contributed by atoms with Gasteiger partial charge in [0.25, 0.3) is 0 Å². The van der Waals surface area contributed by atoms with Gasteiger partial charge in [0.15, 0.2) is 23.1 Å². The minimum absolute atomic E-state index is 0.177. The molecular weight excluding hydrogens is 550 g/mol. The molecule has 0 spiro atoms. The molecule has 1 saturated heterocycles. The van der Waals surface area contributed by atoms with Crippen LogP contribution in [0.25, 0.3) is 10.9 Å². The van der Waals surface area contributed by atoms with Crippen molar-refractivity contribution in [3.63, 3.8) is 0 Å². The second-order valence-electron chi connectivity index (χ2n) is 9.70. The summed E-state index contributed by atoms with van der Waals surface area (Å²) in [5, 5.41) is 19.5. The number of hydrogen-bond donors (Lipinski definition) is 3. The number of carbonyl (C=O) groups is 1. The molecule has 3 N–H and O–H groups in total. The number of amides is 1. The maximum atomic E-state index is 13.9. The summed E-state index contributed by atoms with van der Waals surface area (Å²) in [6.07, 6.45) is 4.54. The first-order valence-corrected chi connectivity index (χ1v) is 13.5. The third-order valence-corrected chi connectivity index (χ3v) is 6.89. The van der Waals surface area contributed by atoms with Crippen molar-refractivity contribution in [3.05, 3.63) is 60.7 Å². The SMILES string of the molecule is COc1cc2c(Nc3cnn(CC(=O)Nc4cccc(F)c4F)c3)ncnc2cc1OCCN1CCN(CCO)CC1. The van der Waals surface area contributed by atoms with E-state index in [2.05, 4.69) is 35.5 Å². The van der Waals surface area contributed by atoms with Gasteiger partial charge in [-0.2, -0.15) is 5.10 Å². The number of hydrogen-bond acceptors (Lipinski definition) is 10. The molecule has 1 amide bonds. The van der Waals surface area contributed by atoms with Crippen molar-refractivity contribution >= 4 is 34.0 Å². The number of aliphatic hydroxyl groups is 1. The topological polar surface area (TPSA) is 130 Å². The largest absolute Gasteiger partial charge is 0.493 e. The summed E-state index contributed by atoms with van der Waals surface area (Å²) in [6, 6.07) is 7.16. The Kier molecular flexibility index (Phi) is 9.36. The molecule has 1 fully saturated rings. The van der Waals surface area contributed by atoms with E-state index in [1.807, 2.05) is 0 Å². The number of carbonyl (C=O) groups excluding carboxylic acids is 1. The first-order valence-electron chi connectivity index (χ1n) is 13.5. The van der Waals surface area contributed by atoms with Crippen LogP contribution in [0.5, 0.6) is 11.5 Å². The van der Waals surface area contributed by atoms with Gasteiger partial charge in [0.05, 0.1) is 36.8 Å². The molecule has 0 unspecified atom stereocenters. The van der Waals surface area contributed by atoms with Crippen molar-refractivity contribution in [1.82, 2.24) is 29.5 Å². The molecule has 2 aromatic carbocycles. The number of ether oxygens (including phenoxy) is 2. The Morgan fingerprint density at radius 1 is 1.07 bits per heavy atom. The molecule has 0 bridgehead atoms. The molecule has 0 radical (unpaired) electrons. The van der Waals surface area contributed by atoms with Gasteiger partial charge < -0.3 is 25.2 Å². The van der Waals surface area contributed by atoms with E-state index in [9.17, 15) is 13.6 Å². The molecule has 4 aromatic rings. The molecule has 5 rings (SSSR count). The predicted molar refractivity (Wildman–Crippen MR) is 152 cm³/mol. The highest BCUT2D eigenvalue weighted by atomic mass is 19.2. The molecule has 2 aromatic heterocycles. The molecule has 42 heavy (non-hydrogen) atoms. The maximum Gasteiger partial charge on any atom is 0.246 e. The van der Waals surface area contributed by atoms with E-state index in [1.54, 1.807) is 25.4 Å². The lowest BCUT2D eigenvalue weighted by molar-refractivity contribution is -0.116. The van der Waals surface area contributed by atoms with E-state index >= 15 is 0 Å². The van der Waals surface area contributed by atoms with Crippen molar-refractivity contribution in [2.24, 2.45) is 0 Å². The molecule has 0 atom stereocenters. The molecule has 0 saturated carbocycles.